The van der Waals surface area contributed by atoms with E-state index in [1.54, 1.807) is 18.5 Å². The van der Waals surface area contributed by atoms with Gasteiger partial charge < -0.3 is 9.67 Å². The van der Waals surface area contributed by atoms with Gasteiger partial charge in [0.15, 0.2) is 0 Å². The largest absolute Gasteiger partial charge is 0.478 e. The number of carbonyl (C=O) groups is 1. The third kappa shape index (κ3) is 1.38. The molecule has 1 aromatic carbocycles. The summed E-state index contributed by atoms with van der Waals surface area (Å²) >= 11 is 0. The quantitative estimate of drug-likeness (QED) is 0.902. The lowest BCUT2D eigenvalue weighted by atomic mass is 9.74. The minimum Gasteiger partial charge on any atom is -0.478 e. The van der Waals surface area contributed by atoms with Gasteiger partial charge in [0.25, 0.3) is 0 Å². The Morgan fingerprint density at radius 1 is 1.50 bits per heavy atom. The average molecular weight is 244 g/mol. The van der Waals surface area contributed by atoms with Crippen LogP contribution in [-0.2, 0) is 5.54 Å². The summed E-state index contributed by atoms with van der Waals surface area (Å²) < 4.78 is 2.09. The molecule has 4 nitrogen and oxygen atoms in total. The van der Waals surface area contributed by atoms with Gasteiger partial charge in [0, 0.05) is 5.54 Å². The minimum absolute atomic E-state index is 0.0836. The van der Waals surface area contributed by atoms with Crippen molar-refractivity contribution in [1.82, 2.24) is 9.55 Å². The summed E-state index contributed by atoms with van der Waals surface area (Å²) in [5.74, 6) is -0.882. The second-order valence-corrected chi connectivity index (χ2v) is 5.02. The molecule has 1 saturated carbocycles. The van der Waals surface area contributed by atoms with E-state index in [-0.39, 0.29) is 5.54 Å². The predicted molar refractivity (Wildman–Crippen MR) is 68.8 cm³/mol. The SMILES string of the molecule is CCC1(n2cnc3cccc(C(=O)O)c32)CCC1. The lowest BCUT2D eigenvalue weighted by Gasteiger charge is -2.43. The first-order valence-corrected chi connectivity index (χ1v) is 6.38. The Bertz CT molecular complexity index is 606. The molecule has 0 bridgehead atoms. The summed E-state index contributed by atoms with van der Waals surface area (Å²) in [5, 5.41) is 9.31. The van der Waals surface area contributed by atoms with Gasteiger partial charge in [0.05, 0.1) is 22.9 Å². The molecular formula is C14H16N2O2. The van der Waals surface area contributed by atoms with Crippen molar-refractivity contribution in [3.8, 4) is 0 Å². The van der Waals surface area contributed by atoms with Crippen molar-refractivity contribution in [2.45, 2.75) is 38.1 Å². The van der Waals surface area contributed by atoms with Crippen molar-refractivity contribution in [3.05, 3.63) is 30.1 Å². The lowest BCUT2D eigenvalue weighted by Crippen LogP contribution is -2.39. The van der Waals surface area contributed by atoms with Gasteiger partial charge in [-0.05, 0) is 37.8 Å². The van der Waals surface area contributed by atoms with Crippen molar-refractivity contribution in [1.29, 1.82) is 0 Å². The molecule has 0 atom stereocenters. The number of carboxylic acid groups (broad SMARTS) is 1. The average Bonchev–Trinajstić information content (AvgIpc) is 2.73. The summed E-state index contributed by atoms with van der Waals surface area (Å²) in [4.78, 5) is 15.7. The molecule has 1 N–H and O–H groups in total. The van der Waals surface area contributed by atoms with Crippen molar-refractivity contribution in [2.75, 3.05) is 0 Å². The van der Waals surface area contributed by atoms with Crippen LogP contribution in [0.4, 0.5) is 0 Å². The number of aromatic nitrogens is 2. The van der Waals surface area contributed by atoms with Crippen molar-refractivity contribution < 1.29 is 9.90 Å². The highest BCUT2D eigenvalue weighted by molar-refractivity contribution is 6.01. The number of aromatic carboxylic acids is 1. The van der Waals surface area contributed by atoms with Crippen LogP contribution in [-0.4, -0.2) is 20.6 Å². The van der Waals surface area contributed by atoms with E-state index in [0.717, 1.165) is 30.3 Å². The zero-order valence-electron chi connectivity index (χ0n) is 10.4. The number of rotatable bonds is 3. The summed E-state index contributed by atoms with van der Waals surface area (Å²) in [6, 6.07) is 5.29. The molecule has 0 aliphatic heterocycles. The van der Waals surface area contributed by atoms with Crippen LogP contribution in [0.2, 0.25) is 0 Å². The van der Waals surface area contributed by atoms with E-state index < -0.39 is 5.97 Å². The van der Waals surface area contributed by atoms with Crippen LogP contribution in [0.5, 0.6) is 0 Å². The monoisotopic (exact) mass is 244 g/mol. The Kier molecular flexibility index (Phi) is 2.40. The van der Waals surface area contributed by atoms with E-state index in [1.807, 2.05) is 6.07 Å². The number of benzene rings is 1. The van der Waals surface area contributed by atoms with Crippen LogP contribution < -0.4 is 0 Å². The van der Waals surface area contributed by atoms with Crippen LogP contribution >= 0.6 is 0 Å². The van der Waals surface area contributed by atoms with Gasteiger partial charge in [-0.15, -0.1) is 0 Å². The predicted octanol–water partition coefficient (Wildman–Crippen LogP) is 3.02. The molecule has 0 spiro atoms. The third-order valence-electron chi connectivity index (χ3n) is 4.25. The number of imidazole rings is 1. The fraction of sp³-hybridized carbons (Fsp3) is 0.429. The topological polar surface area (TPSA) is 55.1 Å². The van der Waals surface area contributed by atoms with E-state index in [1.165, 1.54) is 6.42 Å². The first-order valence-electron chi connectivity index (χ1n) is 6.38. The van der Waals surface area contributed by atoms with Gasteiger partial charge in [-0.2, -0.15) is 0 Å². The van der Waals surface area contributed by atoms with Gasteiger partial charge in [-0.1, -0.05) is 13.0 Å². The molecule has 94 valence electrons. The van der Waals surface area contributed by atoms with E-state index in [4.69, 9.17) is 0 Å². The second kappa shape index (κ2) is 3.83. The van der Waals surface area contributed by atoms with Gasteiger partial charge in [-0.25, -0.2) is 9.78 Å². The van der Waals surface area contributed by atoms with Gasteiger partial charge >= 0.3 is 5.97 Å². The standard InChI is InChI=1S/C14H16N2O2/c1-2-14(7-4-8-14)16-9-15-11-6-3-5-10(12(11)16)13(17)18/h3,5-6,9H,2,4,7-8H2,1H3,(H,17,18). The Balaban J connectivity index is 2.27. The first-order chi connectivity index (χ1) is 8.68. The van der Waals surface area contributed by atoms with E-state index in [2.05, 4.69) is 16.5 Å². The number of nitrogens with zero attached hydrogens (tertiary/aromatic N) is 2. The first kappa shape index (κ1) is 11.3. The second-order valence-electron chi connectivity index (χ2n) is 5.02. The Morgan fingerprint density at radius 2 is 2.28 bits per heavy atom. The minimum atomic E-state index is -0.882. The van der Waals surface area contributed by atoms with Gasteiger partial charge in [0.2, 0.25) is 0 Å². The molecule has 2 aromatic rings. The number of carboxylic acids is 1. The summed E-state index contributed by atoms with van der Waals surface area (Å²) in [5.41, 5.74) is 1.98. The highest BCUT2D eigenvalue weighted by Gasteiger charge is 2.38. The Labute approximate surface area is 105 Å². The Morgan fingerprint density at radius 3 is 2.83 bits per heavy atom. The van der Waals surface area contributed by atoms with E-state index in [9.17, 15) is 9.90 Å². The van der Waals surface area contributed by atoms with Crippen molar-refractivity contribution >= 4 is 17.0 Å². The zero-order valence-corrected chi connectivity index (χ0v) is 10.4. The molecule has 3 rings (SSSR count). The number of hydrogen-bond donors (Lipinski definition) is 1. The molecule has 1 aromatic heterocycles. The molecule has 0 radical (unpaired) electrons. The summed E-state index contributed by atoms with van der Waals surface area (Å²) in [6.07, 6.45) is 6.26. The van der Waals surface area contributed by atoms with E-state index >= 15 is 0 Å². The summed E-state index contributed by atoms with van der Waals surface area (Å²) in [6.45, 7) is 2.16. The summed E-state index contributed by atoms with van der Waals surface area (Å²) in [7, 11) is 0. The van der Waals surface area contributed by atoms with Crippen LogP contribution in [0.15, 0.2) is 24.5 Å². The lowest BCUT2D eigenvalue weighted by molar-refractivity contribution is 0.0697. The zero-order chi connectivity index (χ0) is 12.8. The molecule has 1 fully saturated rings. The fourth-order valence-electron chi connectivity index (χ4n) is 2.95. The van der Waals surface area contributed by atoms with Crippen LogP contribution in [0.3, 0.4) is 0 Å². The number of para-hydroxylation sites is 1. The maximum atomic E-state index is 11.3. The van der Waals surface area contributed by atoms with Crippen molar-refractivity contribution in [2.24, 2.45) is 0 Å². The Hall–Kier alpha value is -1.84. The highest BCUT2D eigenvalue weighted by atomic mass is 16.4. The maximum Gasteiger partial charge on any atom is 0.337 e. The van der Waals surface area contributed by atoms with Crippen LogP contribution in [0, 0.1) is 0 Å². The van der Waals surface area contributed by atoms with Gasteiger partial charge in [0.1, 0.15) is 0 Å². The molecule has 1 aliphatic carbocycles. The molecule has 0 amide bonds. The van der Waals surface area contributed by atoms with Crippen LogP contribution in [0.25, 0.3) is 11.0 Å². The molecule has 0 unspecified atom stereocenters. The molecule has 1 heterocycles. The highest BCUT2D eigenvalue weighted by Crippen LogP contribution is 2.43. The van der Waals surface area contributed by atoms with E-state index in [0.29, 0.717) is 5.56 Å². The molecular weight excluding hydrogens is 228 g/mol. The fourth-order valence-corrected chi connectivity index (χ4v) is 2.95. The van der Waals surface area contributed by atoms with Crippen LogP contribution in [0.1, 0.15) is 43.0 Å². The number of fused-ring (bicyclic) bond motifs is 1. The normalized spacial score (nSPS) is 17.6. The maximum absolute atomic E-state index is 11.3. The molecule has 0 saturated heterocycles. The third-order valence-corrected chi connectivity index (χ3v) is 4.25. The van der Waals surface area contributed by atoms with Gasteiger partial charge in [-0.3, -0.25) is 0 Å². The molecule has 1 aliphatic rings. The molecule has 18 heavy (non-hydrogen) atoms. The molecule has 4 heteroatoms. The van der Waals surface area contributed by atoms with Crippen molar-refractivity contribution in [3.63, 3.8) is 0 Å². The smallest absolute Gasteiger partial charge is 0.337 e. The number of hydrogen-bond acceptors (Lipinski definition) is 2.